The molecule has 1 N–H and O–H groups in total. The van der Waals surface area contributed by atoms with Gasteiger partial charge in [0.25, 0.3) is 5.56 Å². The van der Waals surface area contributed by atoms with E-state index in [1.807, 2.05) is 69.3 Å². The van der Waals surface area contributed by atoms with E-state index in [1.165, 1.54) is 10.1 Å². The topological polar surface area (TPSA) is 68.9 Å². The number of aromatic nitrogens is 3. The van der Waals surface area contributed by atoms with Crippen molar-refractivity contribution in [3.05, 3.63) is 87.3 Å². The van der Waals surface area contributed by atoms with E-state index in [9.17, 15) is 9.59 Å². The van der Waals surface area contributed by atoms with Crippen molar-refractivity contribution in [1.82, 2.24) is 14.3 Å². The van der Waals surface area contributed by atoms with E-state index in [4.69, 9.17) is 0 Å². The second-order valence-corrected chi connectivity index (χ2v) is 7.88. The SMILES string of the molecule is CCc1ccc(NC(=O)Cn2c(=O)cc(C)c3c(C)nn(-c4ccc(C)cc4)c32)cc1. The first-order valence-corrected chi connectivity index (χ1v) is 10.4. The molecule has 0 atom stereocenters. The quantitative estimate of drug-likeness (QED) is 0.529. The number of carbonyl (C=O) groups excluding carboxylic acids is 1. The van der Waals surface area contributed by atoms with Crippen molar-refractivity contribution in [2.75, 3.05) is 5.32 Å². The number of amides is 1. The van der Waals surface area contributed by atoms with E-state index in [0.29, 0.717) is 11.3 Å². The van der Waals surface area contributed by atoms with E-state index >= 15 is 0 Å². The Balaban J connectivity index is 1.76. The van der Waals surface area contributed by atoms with Crippen molar-refractivity contribution < 1.29 is 4.79 Å². The molecule has 0 aliphatic heterocycles. The number of hydrogen-bond acceptors (Lipinski definition) is 3. The van der Waals surface area contributed by atoms with Gasteiger partial charge in [-0.15, -0.1) is 0 Å². The van der Waals surface area contributed by atoms with Crippen LogP contribution in [0.1, 0.15) is 29.3 Å². The fourth-order valence-electron chi connectivity index (χ4n) is 3.85. The van der Waals surface area contributed by atoms with E-state index in [1.54, 1.807) is 10.7 Å². The van der Waals surface area contributed by atoms with Crippen LogP contribution < -0.4 is 10.9 Å². The molecule has 0 unspecified atom stereocenters. The monoisotopic (exact) mass is 414 g/mol. The fourth-order valence-corrected chi connectivity index (χ4v) is 3.85. The molecule has 0 aliphatic rings. The number of fused-ring (bicyclic) bond motifs is 1. The maximum Gasteiger partial charge on any atom is 0.252 e. The van der Waals surface area contributed by atoms with Crippen molar-refractivity contribution in [3.8, 4) is 5.69 Å². The van der Waals surface area contributed by atoms with Gasteiger partial charge in [0.05, 0.1) is 11.4 Å². The molecule has 31 heavy (non-hydrogen) atoms. The summed E-state index contributed by atoms with van der Waals surface area (Å²) in [5, 5.41) is 8.47. The zero-order valence-electron chi connectivity index (χ0n) is 18.3. The normalized spacial score (nSPS) is 11.1. The molecule has 6 nitrogen and oxygen atoms in total. The molecule has 0 spiro atoms. The summed E-state index contributed by atoms with van der Waals surface area (Å²) in [7, 11) is 0. The predicted molar refractivity (Wildman–Crippen MR) is 124 cm³/mol. The van der Waals surface area contributed by atoms with Crippen LogP contribution in [0.4, 0.5) is 5.69 Å². The summed E-state index contributed by atoms with van der Waals surface area (Å²) in [4.78, 5) is 25.7. The molecular weight excluding hydrogens is 388 g/mol. The standard InChI is InChI=1S/C25H26N4O2/c1-5-19-8-10-20(11-9-19)26-22(30)15-28-23(31)14-17(3)24-18(4)27-29(25(24)28)21-12-6-16(2)7-13-21/h6-14H,5,15H2,1-4H3,(H,26,30). The van der Waals surface area contributed by atoms with Crippen LogP contribution in [-0.4, -0.2) is 20.3 Å². The van der Waals surface area contributed by atoms with Gasteiger partial charge in [0.2, 0.25) is 5.91 Å². The van der Waals surface area contributed by atoms with Crippen LogP contribution >= 0.6 is 0 Å². The van der Waals surface area contributed by atoms with Crippen molar-refractivity contribution in [2.24, 2.45) is 0 Å². The van der Waals surface area contributed by atoms with Crippen molar-refractivity contribution in [2.45, 2.75) is 40.7 Å². The molecule has 1 amide bonds. The highest BCUT2D eigenvalue weighted by Crippen LogP contribution is 2.24. The molecular formula is C25H26N4O2. The third-order valence-electron chi connectivity index (χ3n) is 5.52. The second-order valence-electron chi connectivity index (χ2n) is 7.88. The van der Waals surface area contributed by atoms with Gasteiger partial charge in [0, 0.05) is 17.1 Å². The second kappa shape index (κ2) is 8.22. The van der Waals surface area contributed by atoms with Crippen LogP contribution in [0.5, 0.6) is 0 Å². The summed E-state index contributed by atoms with van der Waals surface area (Å²) in [5.74, 6) is -0.259. The minimum Gasteiger partial charge on any atom is -0.325 e. The number of anilines is 1. The van der Waals surface area contributed by atoms with E-state index in [2.05, 4.69) is 17.3 Å². The summed E-state index contributed by atoms with van der Waals surface area (Å²) in [6.45, 7) is 7.83. The molecule has 0 aliphatic carbocycles. The van der Waals surface area contributed by atoms with Crippen LogP contribution in [0, 0.1) is 20.8 Å². The Bertz CT molecular complexity index is 1310. The Hall–Kier alpha value is -3.67. The highest BCUT2D eigenvalue weighted by Gasteiger charge is 2.18. The first-order valence-electron chi connectivity index (χ1n) is 10.4. The Morgan fingerprint density at radius 3 is 2.32 bits per heavy atom. The number of benzene rings is 2. The van der Waals surface area contributed by atoms with Gasteiger partial charge in [-0.2, -0.15) is 5.10 Å². The van der Waals surface area contributed by atoms with Crippen LogP contribution in [0.3, 0.4) is 0 Å². The lowest BCUT2D eigenvalue weighted by atomic mass is 10.1. The number of carbonyl (C=O) groups is 1. The molecule has 0 fully saturated rings. The van der Waals surface area contributed by atoms with E-state index in [0.717, 1.165) is 34.3 Å². The summed E-state index contributed by atoms with van der Waals surface area (Å²) < 4.78 is 3.25. The molecule has 2 aromatic carbocycles. The first-order chi connectivity index (χ1) is 14.9. The van der Waals surface area contributed by atoms with Gasteiger partial charge in [-0.05, 0) is 62.6 Å². The smallest absolute Gasteiger partial charge is 0.252 e. The van der Waals surface area contributed by atoms with Crippen LogP contribution in [0.15, 0.2) is 59.4 Å². The Morgan fingerprint density at radius 2 is 1.68 bits per heavy atom. The van der Waals surface area contributed by atoms with E-state index < -0.39 is 0 Å². The zero-order chi connectivity index (χ0) is 22.1. The van der Waals surface area contributed by atoms with Gasteiger partial charge in [-0.1, -0.05) is 36.8 Å². The highest BCUT2D eigenvalue weighted by molar-refractivity contribution is 5.92. The predicted octanol–water partition coefficient (Wildman–Crippen LogP) is 4.31. The first kappa shape index (κ1) is 20.6. The number of aryl methyl sites for hydroxylation is 4. The third-order valence-corrected chi connectivity index (χ3v) is 5.52. The molecule has 6 heteroatoms. The molecule has 0 bridgehead atoms. The van der Waals surface area contributed by atoms with Crippen LogP contribution in [0.2, 0.25) is 0 Å². The minimum atomic E-state index is -0.259. The Morgan fingerprint density at radius 1 is 1.00 bits per heavy atom. The molecule has 0 radical (unpaired) electrons. The lowest BCUT2D eigenvalue weighted by Crippen LogP contribution is -2.29. The summed E-state index contributed by atoms with van der Waals surface area (Å²) >= 11 is 0. The average molecular weight is 415 g/mol. The molecule has 2 heterocycles. The number of pyridine rings is 1. The average Bonchev–Trinajstić information content (AvgIpc) is 3.09. The highest BCUT2D eigenvalue weighted by atomic mass is 16.2. The lowest BCUT2D eigenvalue weighted by molar-refractivity contribution is -0.116. The maximum atomic E-state index is 12.9. The van der Waals surface area contributed by atoms with Crippen molar-refractivity contribution in [1.29, 1.82) is 0 Å². The number of nitrogens with one attached hydrogen (secondary N) is 1. The molecule has 4 aromatic rings. The largest absolute Gasteiger partial charge is 0.325 e. The lowest BCUT2D eigenvalue weighted by Gasteiger charge is -2.13. The van der Waals surface area contributed by atoms with Crippen LogP contribution in [0.25, 0.3) is 16.7 Å². The molecule has 4 rings (SSSR count). The zero-order valence-corrected chi connectivity index (χ0v) is 18.3. The third kappa shape index (κ3) is 4.01. The van der Waals surface area contributed by atoms with Gasteiger partial charge in [0.1, 0.15) is 12.2 Å². The fraction of sp³-hybridized carbons (Fsp3) is 0.240. The van der Waals surface area contributed by atoms with E-state index in [-0.39, 0.29) is 18.0 Å². The van der Waals surface area contributed by atoms with Gasteiger partial charge in [-0.25, -0.2) is 4.68 Å². The molecule has 0 saturated carbocycles. The summed E-state index contributed by atoms with van der Waals surface area (Å²) in [5.41, 5.74) is 5.96. The Labute approximate surface area is 181 Å². The summed E-state index contributed by atoms with van der Waals surface area (Å²) in [6, 6.07) is 17.2. The maximum absolute atomic E-state index is 12.9. The number of rotatable bonds is 5. The minimum absolute atomic E-state index is 0.0951. The van der Waals surface area contributed by atoms with Gasteiger partial charge >= 0.3 is 0 Å². The Kier molecular flexibility index (Phi) is 5.46. The molecule has 158 valence electrons. The van der Waals surface area contributed by atoms with Gasteiger partial charge in [0.15, 0.2) is 0 Å². The van der Waals surface area contributed by atoms with Crippen LogP contribution in [-0.2, 0) is 17.8 Å². The van der Waals surface area contributed by atoms with Crippen molar-refractivity contribution >= 4 is 22.6 Å². The summed E-state index contributed by atoms with van der Waals surface area (Å²) in [6.07, 6.45) is 0.938. The number of hydrogen-bond donors (Lipinski definition) is 1. The van der Waals surface area contributed by atoms with Gasteiger partial charge in [-0.3, -0.25) is 14.2 Å². The molecule has 0 saturated heterocycles. The number of nitrogens with zero attached hydrogens (tertiary/aromatic N) is 3. The molecule has 2 aromatic heterocycles. The van der Waals surface area contributed by atoms with Crippen molar-refractivity contribution in [3.63, 3.8) is 0 Å². The van der Waals surface area contributed by atoms with Gasteiger partial charge < -0.3 is 5.32 Å².